The Labute approximate surface area is 129 Å². The van der Waals surface area contributed by atoms with Crippen molar-refractivity contribution in [2.45, 2.75) is 18.4 Å². The van der Waals surface area contributed by atoms with Crippen molar-refractivity contribution in [3.8, 4) is 0 Å². The van der Waals surface area contributed by atoms with Gasteiger partial charge >= 0.3 is 0 Å². The molecule has 0 radical (unpaired) electrons. The van der Waals surface area contributed by atoms with Crippen LogP contribution in [0.3, 0.4) is 0 Å². The Balaban J connectivity index is 1.56. The lowest BCUT2D eigenvalue weighted by molar-refractivity contribution is -0.114. The van der Waals surface area contributed by atoms with Crippen molar-refractivity contribution in [3.05, 3.63) is 36.1 Å². The molecule has 3 heterocycles. The highest BCUT2D eigenvalue weighted by molar-refractivity contribution is 5.97. The number of carbonyl (C=O) groups excluding carboxylic acids is 1. The summed E-state index contributed by atoms with van der Waals surface area (Å²) in [5.74, 6) is 0.0873. The normalized spacial score (nSPS) is 21.4. The maximum absolute atomic E-state index is 12.8. The lowest BCUT2D eigenvalue weighted by atomic mass is 9.90. The van der Waals surface area contributed by atoms with Gasteiger partial charge < -0.3 is 19.4 Å². The molecule has 0 saturated carbocycles. The minimum absolute atomic E-state index is 0.0873. The molecule has 2 aliphatic rings. The van der Waals surface area contributed by atoms with Crippen LogP contribution in [-0.4, -0.2) is 49.2 Å². The van der Waals surface area contributed by atoms with Crippen molar-refractivity contribution >= 4 is 16.9 Å². The first-order valence-electron chi connectivity index (χ1n) is 7.87. The second-order valence-corrected chi connectivity index (χ2v) is 6.18. The van der Waals surface area contributed by atoms with Crippen LogP contribution in [0.15, 0.2) is 34.9 Å². The summed E-state index contributed by atoms with van der Waals surface area (Å²) in [5.41, 5.74) is 1.38. The van der Waals surface area contributed by atoms with Gasteiger partial charge in [-0.2, -0.15) is 0 Å². The van der Waals surface area contributed by atoms with Crippen LogP contribution in [0.25, 0.3) is 11.0 Å². The van der Waals surface area contributed by atoms with Gasteiger partial charge in [-0.15, -0.1) is 0 Å². The number of fused-ring (bicyclic) bond motifs is 1. The molecule has 1 aromatic carbocycles. The van der Waals surface area contributed by atoms with Crippen molar-refractivity contribution in [2.24, 2.45) is 0 Å². The molecule has 1 aromatic heterocycles. The Kier molecular flexibility index (Phi) is 3.39. The first-order valence-corrected chi connectivity index (χ1v) is 7.87. The van der Waals surface area contributed by atoms with Crippen molar-refractivity contribution < 1.29 is 13.9 Å². The molecule has 1 amide bonds. The lowest BCUT2D eigenvalue weighted by Gasteiger charge is -2.45. The first-order chi connectivity index (χ1) is 10.8. The molecule has 0 bridgehead atoms. The molecule has 5 nitrogen and oxygen atoms in total. The summed E-state index contributed by atoms with van der Waals surface area (Å²) in [6, 6.07) is 7.51. The summed E-state index contributed by atoms with van der Waals surface area (Å²) in [5, 5.41) is 4.32. The van der Waals surface area contributed by atoms with Gasteiger partial charge in [0, 0.05) is 17.5 Å². The van der Waals surface area contributed by atoms with E-state index in [2.05, 4.69) is 5.32 Å². The van der Waals surface area contributed by atoms with Gasteiger partial charge in [-0.25, -0.2) is 0 Å². The number of furan rings is 1. The zero-order valence-electron chi connectivity index (χ0n) is 12.5. The summed E-state index contributed by atoms with van der Waals surface area (Å²) in [6.45, 7) is 3.90. The van der Waals surface area contributed by atoms with Crippen LogP contribution in [0, 0.1) is 0 Å². The van der Waals surface area contributed by atoms with Crippen LogP contribution in [0.5, 0.6) is 0 Å². The van der Waals surface area contributed by atoms with E-state index in [1.54, 1.807) is 6.26 Å². The third kappa shape index (κ3) is 2.40. The Bertz CT molecular complexity index is 683. The Morgan fingerprint density at radius 2 is 2.09 bits per heavy atom. The molecule has 1 spiro atoms. The van der Waals surface area contributed by atoms with Crippen LogP contribution >= 0.6 is 0 Å². The van der Waals surface area contributed by atoms with Gasteiger partial charge in [-0.3, -0.25) is 4.79 Å². The number of nitrogens with one attached hydrogen (secondary N) is 1. The van der Waals surface area contributed by atoms with Gasteiger partial charge in [0.1, 0.15) is 5.58 Å². The van der Waals surface area contributed by atoms with Crippen LogP contribution < -0.4 is 5.32 Å². The van der Waals surface area contributed by atoms with Crippen LogP contribution in [-0.2, 0) is 4.74 Å². The van der Waals surface area contributed by atoms with E-state index in [0.717, 1.165) is 42.5 Å². The monoisotopic (exact) mass is 300 g/mol. The second kappa shape index (κ2) is 5.41. The summed E-state index contributed by atoms with van der Waals surface area (Å²) < 4.78 is 11.4. The van der Waals surface area contributed by atoms with E-state index in [4.69, 9.17) is 9.15 Å². The summed E-state index contributed by atoms with van der Waals surface area (Å²) in [4.78, 5) is 14.8. The van der Waals surface area contributed by atoms with Gasteiger partial charge in [-0.1, -0.05) is 0 Å². The average Bonchev–Trinajstić information content (AvgIpc) is 3.02. The number of nitrogens with zero attached hydrogens (tertiary/aromatic N) is 1. The Morgan fingerprint density at radius 1 is 1.23 bits per heavy atom. The zero-order chi connectivity index (χ0) is 15.0. The van der Waals surface area contributed by atoms with E-state index in [9.17, 15) is 4.79 Å². The summed E-state index contributed by atoms with van der Waals surface area (Å²) in [6.07, 6.45) is 3.59. The molecule has 2 saturated heterocycles. The van der Waals surface area contributed by atoms with E-state index in [1.165, 1.54) is 0 Å². The Hall–Kier alpha value is -1.85. The minimum Gasteiger partial charge on any atom is -0.464 e. The minimum atomic E-state index is -0.154. The fourth-order valence-electron chi connectivity index (χ4n) is 3.49. The molecule has 2 aliphatic heterocycles. The topological polar surface area (TPSA) is 54.7 Å². The van der Waals surface area contributed by atoms with Gasteiger partial charge in [0.2, 0.25) is 0 Å². The van der Waals surface area contributed by atoms with Gasteiger partial charge in [0.15, 0.2) is 0 Å². The summed E-state index contributed by atoms with van der Waals surface area (Å²) in [7, 11) is 0. The molecular weight excluding hydrogens is 280 g/mol. The number of benzene rings is 1. The fraction of sp³-hybridized carbons (Fsp3) is 0.471. The molecule has 0 unspecified atom stereocenters. The number of carbonyl (C=O) groups is 1. The maximum atomic E-state index is 12.8. The van der Waals surface area contributed by atoms with E-state index in [1.807, 2.05) is 29.2 Å². The second-order valence-electron chi connectivity index (χ2n) is 6.18. The van der Waals surface area contributed by atoms with Crippen molar-refractivity contribution in [2.75, 3.05) is 32.8 Å². The van der Waals surface area contributed by atoms with Gasteiger partial charge in [0.05, 0.1) is 25.0 Å². The quantitative estimate of drug-likeness (QED) is 0.875. The number of piperidine rings is 1. The molecule has 0 aliphatic carbocycles. The number of hydrogen-bond donors (Lipinski definition) is 1. The van der Waals surface area contributed by atoms with Crippen molar-refractivity contribution in [3.63, 3.8) is 0 Å². The van der Waals surface area contributed by atoms with Crippen LogP contribution in [0.2, 0.25) is 0 Å². The molecule has 4 rings (SSSR count). The average molecular weight is 300 g/mol. The highest BCUT2D eigenvalue weighted by Crippen LogP contribution is 2.28. The highest BCUT2D eigenvalue weighted by atomic mass is 16.5. The zero-order valence-corrected chi connectivity index (χ0v) is 12.5. The molecule has 0 atom stereocenters. The molecule has 1 N–H and O–H groups in total. The Morgan fingerprint density at radius 3 is 2.95 bits per heavy atom. The van der Waals surface area contributed by atoms with Crippen LogP contribution in [0.4, 0.5) is 0 Å². The molecule has 2 aromatic rings. The molecule has 116 valence electrons. The summed E-state index contributed by atoms with van der Waals surface area (Å²) >= 11 is 0. The smallest absolute Gasteiger partial charge is 0.254 e. The SMILES string of the molecule is O=C(c1ccc2occc2c1)N1CCOC2(CCNCC2)C1. The van der Waals surface area contributed by atoms with E-state index < -0.39 is 0 Å². The molecule has 2 fully saturated rings. The van der Waals surface area contributed by atoms with E-state index >= 15 is 0 Å². The molecule has 5 heteroatoms. The number of morpholine rings is 1. The van der Waals surface area contributed by atoms with Crippen molar-refractivity contribution in [1.82, 2.24) is 10.2 Å². The third-order valence-corrected chi connectivity index (χ3v) is 4.75. The molecular formula is C17H20N2O3. The predicted molar refractivity (Wildman–Crippen MR) is 82.9 cm³/mol. The van der Waals surface area contributed by atoms with Gasteiger partial charge in [0.25, 0.3) is 5.91 Å². The van der Waals surface area contributed by atoms with Crippen molar-refractivity contribution in [1.29, 1.82) is 0 Å². The number of rotatable bonds is 1. The number of hydrogen-bond acceptors (Lipinski definition) is 4. The van der Waals surface area contributed by atoms with E-state index in [0.29, 0.717) is 19.7 Å². The standard InChI is InChI=1S/C17H20N2O3/c20-16(14-1-2-15-13(11-14)3-9-21-15)19-8-10-22-17(12-19)4-6-18-7-5-17/h1-3,9,11,18H,4-8,10,12H2. The van der Waals surface area contributed by atoms with Crippen LogP contribution in [0.1, 0.15) is 23.2 Å². The lowest BCUT2D eigenvalue weighted by Crippen LogP contribution is -2.57. The highest BCUT2D eigenvalue weighted by Gasteiger charge is 2.39. The first kappa shape index (κ1) is 13.8. The largest absolute Gasteiger partial charge is 0.464 e. The maximum Gasteiger partial charge on any atom is 0.254 e. The number of amides is 1. The fourth-order valence-corrected chi connectivity index (χ4v) is 3.49. The predicted octanol–water partition coefficient (Wildman–Crippen LogP) is 2.03. The number of ether oxygens (including phenoxy) is 1. The molecule has 22 heavy (non-hydrogen) atoms. The third-order valence-electron chi connectivity index (χ3n) is 4.75. The van der Waals surface area contributed by atoms with E-state index in [-0.39, 0.29) is 11.5 Å². The van der Waals surface area contributed by atoms with Gasteiger partial charge in [-0.05, 0) is 50.2 Å².